The van der Waals surface area contributed by atoms with Gasteiger partial charge in [0.2, 0.25) is 10.0 Å². The molecule has 1 aromatic rings. The molecule has 17 heavy (non-hydrogen) atoms. The van der Waals surface area contributed by atoms with Crippen molar-refractivity contribution in [2.24, 2.45) is 5.73 Å². The van der Waals surface area contributed by atoms with Crippen LogP contribution in [-0.2, 0) is 10.0 Å². The number of nitrogens with two attached hydrogens (primary N) is 1. The average molecular weight is 277 g/mol. The second-order valence-electron chi connectivity index (χ2n) is 4.22. The molecule has 1 heterocycles. The molecule has 0 aliphatic carbocycles. The van der Waals surface area contributed by atoms with Crippen LogP contribution in [0.4, 0.5) is 0 Å². The van der Waals surface area contributed by atoms with Crippen LogP contribution in [0.25, 0.3) is 0 Å². The summed E-state index contributed by atoms with van der Waals surface area (Å²) in [6.07, 6.45) is 0.741. The highest BCUT2D eigenvalue weighted by Gasteiger charge is 2.30. The topological polar surface area (TPSA) is 63.4 Å². The quantitative estimate of drug-likeness (QED) is 0.881. The molecule has 2 rings (SSSR count). The lowest BCUT2D eigenvalue weighted by Gasteiger charge is -2.15. The summed E-state index contributed by atoms with van der Waals surface area (Å²) in [6.45, 7) is 2.88. The van der Waals surface area contributed by atoms with Crippen LogP contribution >= 0.6 is 12.4 Å². The normalized spacial score (nSPS) is 21.2. The number of hydrogen-bond donors (Lipinski definition) is 1. The molecule has 0 amide bonds. The predicted octanol–water partition coefficient (Wildman–Crippen LogP) is 1.14. The minimum Gasteiger partial charge on any atom is -0.326 e. The van der Waals surface area contributed by atoms with Crippen molar-refractivity contribution in [1.29, 1.82) is 0 Å². The maximum Gasteiger partial charge on any atom is 0.243 e. The molecule has 1 aliphatic heterocycles. The Bertz CT molecular complexity index is 473. The Balaban J connectivity index is 0.00000144. The van der Waals surface area contributed by atoms with Crippen molar-refractivity contribution in [3.8, 4) is 0 Å². The fourth-order valence-corrected chi connectivity index (χ4v) is 3.34. The Kier molecular flexibility index (Phi) is 4.55. The van der Waals surface area contributed by atoms with E-state index in [2.05, 4.69) is 0 Å². The lowest BCUT2D eigenvalue weighted by molar-refractivity contribution is 0.472. The maximum absolute atomic E-state index is 12.2. The molecule has 6 heteroatoms. The van der Waals surface area contributed by atoms with Crippen molar-refractivity contribution >= 4 is 22.4 Å². The van der Waals surface area contributed by atoms with E-state index in [1.807, 2.05) is 19.1 Å². The van der Waals surface area contributed by atoms with Gasteiger partial charge in [-0.3, -0.25) is 0 Å². The molecule has 1 atom stereocenters. The smallest absolute Gasteiger partial charge is 0.243 e. The number of sulfonamides is 1. The van der Waals surface area contributed by atoms with Crippen molar-refractivity contribution in [2.45, 2.75) is 24.3 Å². The molecule has 0 saturated carbocycles. The van der Waals surface area contributed by atoms with E-state index >= 15 is 0 Å². The van der Waals surface area contributed by atoms with Gasteiger partial charge in [-0.25, -0.2) is 8.42 Å². The Labute approximate surface area is 108 Å². The summed E-state index contributed by atoms with van der Waals surface area (Å²) in [6, 6.07) is 6.88. The Morgan fingerprint density at radius 3 is 2.35 bits per heavy atom. The molecule has 96 valence electrons. The summed E-state index contributed by atoms with van der Waals surface area (Å²) in [5.74, 6) is 0. The number of halogens is 1. The molecule has 0 aromatic heterocycles. The van der Waals surface area contributed by atoms with Gasteiger partial charge in [0.15, 0.2) is 0 Å². The summed E-state index contributed by atoms with van der Waals surface area (Å²) < 4.78 is 25.8. The zero-order chi connectivity index (χ0) is 11.8. The molecule has 1 fully saturated rings. The lowest BCUT2D eigenvalue weighted by atomic mass is 10.2. The van der Waals surface area contributed by atoms with Crippen LogP contribution in [0.1, 0.15) is 12.0 Å². The molecule has 1 saturated heterocycles. The largest absolute Gasteiger partial charge is 0.326 e. The van der Waals surface area contributed by atoms with Crippen LogP contribution in [0.15, 0.2) is 29.2 Å². The first kappa shape index (κ1) is 14.4. The van der Waals surface area contributed by atoms with E-state index < -0.39 is 10.0 Å². The van der Waals surface area contributed by atoms with Gasteiger partial charge in [0.1, 0.15) is 0 Å². The highest BCUT2D eigenvalue weighted by Crippen LogP contribution is 2.20. The number of benzene rings is 1. The van der Waals surface area contributed by atoms with Gasteiger partial charge in [0.25, 0.3) is 0 Å². The standard InChI is InChI=1S/C11H16N2O2S.ClH/c1-9-2-4-11(5-3-9)16(14,15)13-7-6-10(12)8-13;/h2-5,10H,6-8,12H2,1H3;1H. The van der Waals surface area contributed by atoms with Crippen molar-refractivity contribution in [2.75, 3.05) is 13.1 Å². The van der Waals surface area contributed by atoms with Crippen LogP contribution in [0.3, 0.4) is 0 Å². The predicted molar refractivity (Wildman–Crippen MR) is 69.8 cm³/mol. The third-order valence-corrected chi connectivity index (χ3v) is 4.73. The van der Waals surface area contributed by atoms with Gasteiger partial charge in [0.05, 0.1) is 4.90 Å². The van der Waals surface area contributed by atoms with Crippen LogP contribution in [0.5, 0.6) is 0 Å². The zero-order valence-electron chi connectivity index (χ0n) is 9.67. The molecule has 0 radical (unpaired) electrons. The van der Waals surface area contributed by atoms with Gasteiger partial charge in [-0.05, 0) is 25.5 Å². The summed E-state index contributed by atoms with van der Waals surface area (Å²) in [4.78, 5) is 0.354. The van der Waals surface area contributed by atoms with E-state index in [0.29, 0.717) is 18.0 Å². The fraction of sp³-hybridized carbons (Fsp3) is 0.455. The van der Waals surface area contributed by atoms with Gasteiger partial charge in [-0.1, -0.05) is 17.7 Å². The second-order valence-corrected chi connectivity index (χ2v) is 6.16. The average Bonchev–Trinajstić information content (AvgIpc) is 2.66. The lowest BCUT2D eigenvalue weighted by Crippen LogP contribution is -2.31. The Morgan fingerprint density at radius 1 is 1.29 bits per heavy atom. The molecular formula is C11H17ClN2O2S. The van der Waals surface area contributed by atoms with E-state index in [4.69, 9.17) is 5.73 Å². The van der Waals surface area contributed by atoms with Gasteiger partial charge >= 0.3 is 0 Å². The Hall–Kier alpha value is -0.620. The summed E-state index contributed by atoms with van der Waals surface area (Å²) >= 11 is 0. The van der Waals surface area contributed by atoms with Crippen LogP contribution in [-0.4, -0.2) is 31.9 Å². The van der Waals surface area contributed by atoms with E-state index in [-0.39, 0.29) is 18.4 Å². The number of nitrogens with zero attached hydrogens (tertiary/aromatic N) is 1. The summed E-state index contributed by atoms with van der Waals surface area (Å²) in [5, 5.41) is 0. The van der Waals surface area contributed by atoms with Crippen molar-refractivity contribution in [3.63, 3.8) is 0 Å². The summed E-state index contributed by atoms with van der Waals surface area (Å²) in [7, 11) is -3.34. The van der Waals surface area contributed by atoms with Crippen LogP contribution in [0.2, 0.25) is 0 Å². The molecule has 4 nitrogen and oxygen atoms in total. The van der Waals surface area contributed by atoms with E-state index in [1.54, 1.807) is 12.1 Å². The van der Waals surface area contributed by atoms with Crippen LogP contribution in [0, 0.1) is 6.92 Å². The van der Waals surface area contributed by atoms with Gasteiger partial charge < -0.3 is 5.73 Å². The first-order valence-electron chi connectivity index (χ1n) is 5.32. The number of hydrogen-bond acceptors (Lipinski definition) is 3. The highest BCUT2D eigenvalue weighted by atomic mass is 35.5. The maximum atomic E-state index is 12.2. The van der Waals surface area contributed by atoms with E-state index in [9.17, 15) is 8.42 Å². The molecule has 2 N–H and O–H groups in total. The molecular weight excluding hydrogens is 260 g/mol. The third-order valence-electron chi connectivity index (χ3n) is 2.85. The highest BCUT2D eigenvalue weighted by molar-refractivity contribution is 7.89. The minimum absolute atomic E-state index is 0. The van der Waals surface area contributed by atoms with Crippen LogP contribution < -0.4 is 5.73 Å². The monoisotopic (exact) mass is 276 g/mol. The molecule has 1 aliphatic rings. The first-order chi connectivity index (χ1) is 7.50. The Morgan fingerprint density at radius 2 is 1.88 bits per heavy atom. The second kappa shape index (κ2) is 5.35. The molecule has 0 bridgehead atoms. The van der Waals surface area contributed by atoms with E-state index in [0.717, 1.165) is 12.0 Å². The number of aryl methyl sites for hydroxylation is 1. The fourth-order valence-electron chi connectivity index (χ4n) is 1.83. The molecule has 1 unspecified atom stereocenters. The third kappa shape index (κ3) is 2.98. The van der Waals surface area contributed by atoms with Crippen molar-refractivity contribution in [3.05, 3.63) is 29.8 Å². The molecule has 1 aromatic carbocycles. The summed E-state index contributed by atoms with van der Waals surface area (Å²) in [5.41, 5.74) is 6.77. The van der Waals surface area contributed by atoms with Crippen molar-refractivity contribution < 1.29 is 8.42 Å². The zero-order valence-corrected chi connectivity index (χ0v) is 11.3. The first-order valence-corrected chi connectivity index (χ1v) is 6.76. The van der Waals surface area contributed by atoms with E-state index in [1.165, 1.54) is 4.31 Å². The van der Waals surface area contributed by atoms with Gasteiger partial charge in [0, 0.05) is 19.1 Å². The number of rotatable bonds is 2. The van der Waals surface area contributed by atoms with Gasteiger partial charge in [-0.2, -0.15) is 4.31 Å². The van der Waals surface area contributed by atoms with Crippen molar-refractivity contribution in [1.82, 2.24) is 4.31 Å². The van der Waals surface area contributed by atoms with Gasteiger partial charge in [-0.15, -0.1) is 12.4 Å². The SMILES string of the molecule is Cc1ccc(S(=O)(=O)N2CCC(N)C2)cc1.Cl. The minimum atomic E-state index is -3.34. The molecule has 0 spiro atoms.